The van der Waals surface area contributed by atoms with Crippen molar-refractivity contribution in [3.05, 3.63) is 79.9 Å². The molecule has 0 N–H and O–H groups in total. The predicted molar refractivity (Wildman–Crippen MR) is 97.7 cm³/mol. The first-order valence-electron chi connectivity index (χ1n) is 7.71. The fraction of sp³-hybridized carbons (Fsp3) is 0.176. The van der Waals surface area contributed by atoms with Crippen LogP contribution in [-0.4, -0.2) is 28.1 Å². The molecule has 0 bridgehead atoms. The quantitative estimate of drug-likeness (QED) is 0.229. The Balaban J connectivity index is 1.92. The van der Waals surface area contributed by atoms with Crippen molar-refractivity contribution in [1.29, 1.82) is 0 Å². The molecule has 140 valence electrons. The molecule has 10 nitrogen and oxygen atoms in total. The molecule has 0 fully saturated rings. The van der Waals surface area contributed by atoms with Crippen LogP contribution < -0.4 is 0 Å². The van der Waals surface area contributed by atoms with E-state index in [2.05, 4.69) is 10.3 Å². The van der Waals surface area contributed by atoms with Crippen molar-refractivity contribution in [2.75, 3.05) is 6.79 Å². The molecule has 2 aromatic rings. The van der Waals surface area contributed by atoms with Crippen LogP contribution >= 0.6 is 0 Å². The Hall–Kier alpha value is -3.82. The van der Waals surface area contributed by atoms with E-state index in [0.29, 0.717) is 22.6 Å². The average molecular weight is 372 g/mol. The minimum absolute atomic E-state index is 0.0459. The lowest BCUT2D eigenvalue weighted by atomic mass is 10.1. The molecule has 10 heteroatoms. The number of nitro groups is 2. The molecule has 0 aromatic heterocycles. The number of nitro benzene ring substituents is 2. The molecule has 0 spiro atoms. The van der Waals surface area contributed by atoms with Crippen LogP contribution in [0.5, 0.6) is 0 Å². The molecule has 0 aliphatic heterocycles. The molecule has 0 saturated heterocycles. The molecule has 0 unspecified atom stereocenters. The van der Waals surface area contributed by atoms with Gasteiger partial charge in [0.25, 0.3) is 18.2 Å². The number of hydrogen-bond acceptors (Lipinski definition) is 8. The fourth-order valence-corrected chi connectivity index (χ4v) is 2.06. The lowest BCUT2D eigenvalue weighted by Gasteiger charge is -2.03. The van der Waals surface area contributed by atoms with Crippen molar-refractivity contribution in [2.24, 2.45) is 10.3 Å². The van der Waals surface area contributed by atoms with E-state index in [4.69, 9.17) is 9.68 Å². The number of rotatable bonds is 8. The van der Waals surface area contributed by atoms with Crippen LogP contribution in [0.15, 0.2) is 58.8 Å². The standard InChI is InChI=1S/C17H16N4O6/c1-12(14-5-3-7-16(9-14)20(22)23)18-26-11-27-19-13(2)15-6-4-8-17(10-15)21(24)25/h3-10H,11H2,1-2H3/b18-12-,19-13+. The molecule has 27 heavy (non-hydrogen) atoms. The van der Waals surface area contributed by atoms with Gasteiger partial charge < -0.3 is 9.68 Å². The minimum Gasteiger partial charge on any atom is -0.352 e. The molecule has 0 radical (unpaired) electrons. The maximum Gasteiger partial charge on any atom is 0.280 e. The highest BCUT2D eigenvalue weighted by molar-refractivity contribution is 5.99. The van der Waals surface area contributed by atoms with Crippen LogP contribution in [0.2, 0.25) is 0 Å². The van der Waals surface area contributed by atoms with E-state index in [1.807, 2.05) is 0 Å². The number of non-ortho nitro benzene ring substituents is 2. The Morgan fingerprint density at radius 2 is 1.26 bits per heavy atom. The summed E-state index contributed by atoms with van der Waals surface area (Å²) in [7, 11) is 0. The normalized spacial score (nSPS) is 11.8. The van der Waals surface area contributed by atoms with Crippen molar-refractivity contribution in [1.82, 2.24) is 0 Å². The van der Waals surface area contributed by atoms with Gasteiger partial charge in [0.2, 0.25) is 0 Å². The molecular weight excluding hydrogens is 356 g/mol. The van der Waals surface area contributed by atoms with Crippen LogP contribution in [0.4, 0.5) is 11.4 Å². The zero-order chi connectivity index (χ0) is 19.8. The van der Waals surface area contributed by atoms with Gasteiger partial charge in [0, 0.05) is 35.4 Å². The van der Waals surface area contributed by atoms with E-state index in [1.165, 1.54) is 24.3 Å². The average Bonchev–Trinajstić information content (AvgIpc) is 2.67. The summed E-state index contributed by atoms with van der Waals surface area (Å²) >= 11 is 0. The maximum atomic E-state index is 10.8. The van der Waals surface area contributed by atoms with Gasteiger partial charge in [0.1, 0.15) is 0 Å². The Kier molecular flexibility index (Phi) is 6.53. The van der Waals surface area contributed by atoms with E-state index in [-0.39, 0.29) is 18.2 Å². The van der Waals surface area contributed by atoms with Gasteiger partial charge in [-0.3, -0.25) is 20.2 Å². The molecular formula is C17H16N4O6. The summed E-state index contributed by atoms with van der Waals surface area (Å²) in [5.41, 5.74) is 1.86. The molecule has 0 aliphatic carbocycles. The number of oxime groups is 2. The highest BCUT2D eigenvalue weighted by Gasteiger charge is 2.08. The third kappa shape index (κ3) is 5.59. The van der Waals surface area contributed by atoms with Gasteiger partial charge in [-0.2, -0.15) is 0 Å². The topological polar surface area (TPSA) is 129 Å². The van der Waals surface area contributed by atoms with Crippen LogP contribution in [0, 0.1) is 20.2 Å². The molecule has 2 rings (SSSR count). The second kappa shape index (κ2) is 9.04. The van der Waals surface area contributed by atoms with Crippen molar-refractivity contribution in [2.45, 2.75) is 13.8 Å². The summed E-state index contributed by atoms with van der Waals surface area (Å²) in [4.78, 5) is 30.5. The highest BCUT2D eigenvalue weighted by atomic mass is 16.8. The van der Waals surface area contributed by atoms with Gasteiger partial charge in [-0.1, -0.05) is 34.6 Å². The lowest BCUT2D eigenvalue weighted by Crippen LogP contribution is -2.01. The van der Waals surface area contributed by atoms with Gasteiger partial charge in [-0.15, -0.1) is 0 Å². The van der Waals surface area contributed by atoms with E-state index < -0.39 is 9.85 Å². The molecule has 2 aromatic carbocycles. The maximum absolute atomic E-state index is 10.8. The Bertz CT molecular complexity index is 836. The van der Waals surface area contributed by atoms with Crippen LogP contribution in [0.3, 0.4) is 0 Å². The van der Waals surface area contributed by atoms with Gasteiger partial charge in [-0.25, -0.2) is 0 Å². The van der Waals surface area contributed by atoms with Gasteiger partial charge in [-0.05, 0) is 13.8 Å². The largest absolute Gasteiger partial charge is 0.352 e. The molecule has 0 heterocycles. The summed E-state index contributed by atoms with van der Waals surface area (Å²) in [6, 6.07) is 12.0. The first-order chi connectivity index (χ1) is 12.9. The Labute approximate surface area is 154 Å². The molecule has 0 atom stereocenters. The van der Waals surface area contributed by atoms with E-state index >= 15 is 0 Å². The summed E-state index contributed by atoms with van der Waals surface area (Å²) in [5.74, 6) is 0. The SMILES string of the molecule is C/C(=N/OCO/N=C(\C)c1cccc([N+](=O)[O-])c1)c1cccc([N+](=O)[O-])c1. The van der Waals surface area contributed by atoms with Crippen molar-refractivity contribution in [3.8, 4) is 0 Å². The highest BCUT2D eigenvalue weighted by Crippen LogP contribution is 2.15. The van der Waals surface area contributed by atoms with Gasteiger partial charge >= 0.3 is 0 Å². The van der Waals surface area contributed by atoms with Crippen LogP contribution in [-0.2, 0) is 9.68 Å². The van der Waals surface area contributed by atoms with Crippen molar-refractivity contribution >= 4 is 22.8 Å². The first kappa shape index (κ1) is 19.5. The number of hydrogen-bond donors (Lipinski definition) is 0. The zero-order valence-corrected chi connectivity index (χ0v) is 14.6. The van der Waals surface area contributed by atoms with E-state index in [1.54, 1.807) is 38.1 Å². The summed E-state index contributed by atoms with van der Waals surface area (Å²) in [5, 5.41) is 29.2. The lowest BCUT2D eigenvalue weighted by molar-refractivity contribution is -0.385. The Morgan fingerprint density at radius 3 is 1.63 bits per heavy atom. The second-order valence-corrected chi connectivity index (χ2v) is 5.34. The minimum atomic E-state index is -0.494. The smallest absolute Gasteiger partial charge is 0.280 e. The third-order valence-corrected chi connectivity index (χ3v) is 3.46. The number of benzene rings is 2. The van der Waals surface area contributed by atoms with E-state index in [9.17, 15) is 20.2 Å². The molecule has 0 saturated carbocycles. The summed E-state index contributed by atoms with van der Waals surface area (Å²) in [6.07, 6.45) is 0. The van der Waals surface area contributed by atoms with Crippen LogP contribution in [0.25, 0.3) is 0 Å². The first-order valence-corrected chi connectivity index (χ1v) is 7.71. The Morgan fingerprint density at radius 1 is 0.852 bits per heavy atom. The van der Waals surface area contributed by atoms with Gasteiger partial charge in [0.05, 0.1) is 21.3 Å². The van der Waals surface area contributed by atoms with Gasteiger partial charge in [0.15, 0.2) is 0 Å². The molecule has 0 amide bonds. The second-order valence-electron chi connectivity index (χ2n) is 5.34. The fourth-order valence-electron chi connectivity index (χ4n) is 2.06. The number of nitrogens with zero attached hydrogens (tertiary/aromatic N) is 4. The summed E-state index contributed by atoms with van der Waals surface area (Å²) < 4.78 is 0. The van der Waals surface area contributed by atoms with Crippen molar-refractivity contribution < 1.29 is 19.5 Å². The van der Waals surface area contributed by atoms with E-state index in [0.717, 1.165) is 0 Å². The monoisotopic (exact) mass is 372 g/mol. The zero-order valence-electron chi connectivity index (χ0n) is 14.6. The third-order valence-electron chi connectivity index (χ3n) is 3.46. The van der Waals surface area contributed by atoms with Crippen LogP contribution in [0.1, 0.15) is 25.0 Å². The summed E-state index contributed by atoms with van der Waals surface area (Å²) in [6.45, 7) is 2.98. The van der Waals surface area contributed by atoms with Crippen molar-refractivity contribution in [3.63, 3.8) is 0 Å². The molecule has 0 aliphatic rings. The predicted octanol–water partition coefficient (Wildman–Crippen LogP) is 3.64.